The molecule has 1 amide bonds. The molecule has 1 saturated heterocycles. The Bertz CT molecular complexity index is 1380. The highest BCUT2D eigenvalue weighted by Crippen LogP contribution is 2.39. The van der Waals surface area contributed by atoms with Crippen molar-refractivity contribution in [1.82, 2.24) is 0 Å². The van der Waals surface area contributed by atoms with Gasteiger partial charge in [0.2, 0.25) is 0 Å². The number of sulfonamides is 1. The summed E-state index contributed by atoms with van der Waals surface area (Å²) in [5.74, 6) is 0.567. The Morgan fingerprint density at radius 3 is 2.29 bits per heavy atom. The predicted octanol–water partition coefficient (Wildman–Crippen LogP) is 5.03. The van der Waals surface area contributed by atoms with Crippen molar-refractivity contribution < 1.29 is 27.4 Å². The van der Waals surface area contributed by atoms with Crippen LogP contribution >= 0.6 is 11.6 Å². The van der Waals surface area contributed by atoms with E-state index in [2.05, 4.69) is 14.9 Å². The largest absolute Gasteiger partial charge is 0.492 e. The molecule has 2 N–H and O–H groups in total. The van der Waals surface area contributed by atoms with Gasteiger partial charge >= 0.3 is 0 Å². The smallest absolute Gasteiger partial charge is 0.261 e. The number of rotatable bonds is 10. The van der Waals surface area contributed by atoms with E-state index in [1.807, 2.05) is 19.9 Å². The molecule has 3 aromatic rings. The Morgan fingerprint density at radius 1 is 0.947 bits per heavy atom. The fourth-order valence-corrected chi connectivity index (χ4v) is 5.23. The molecule has 202 valence electrons. The maximum absolute atomic E-state index is 13.4. The van der Waals surface area contributed by atoms with E-state index in [9.17, 15) is 13.2 Å². The zero-order valence-electron chi connectivity index (χ0n) is 21.2. The van der Waals surface area contributed by atoms with Crippen molar-refractivity contribution in [1.29, 1.82) is 0 Å². The zero-order chi connectivity index (χ0) is 27.1. The van der Waals surface area contributed by atoms with Crippen molar-refractivity contribution >= 4 is 44.6 Å². The molecule has 3 aromatic carbocycles. The van der Waals surface area contributed by atoms with Gasteiger partial charge in [-0.25, -0.2) is 8.42 Å². The summed E-state index contributed by atoms with van der Waals surface area (Å²) < 4.78 is 45.7. The predicted molar refractivity (Wildman–Crippen MR) is 148 cm³/mol. The summed E-state index contributed by atoms with van der Waals surface area (Å²) in [4.78, 5) is 15.6. The number of nitrogens with one attached hydrogen (secondary N) is 2. The van der Waals surface area contributed by atoms with E-state index in [4.69, 9.17) is 25.8 Å². The number of halogens is 1. The van der Waals surface area contributed by atoms with Crippen LogP contribution in [0.5, 0.6) is 11.5 Å². The van der Waals surface area contributed by atoms with Gasteiger partial charge in [-0.1, -0.05) is 23.7 Å². The molecule has 0 radical (unpaired) electrons. The number of carbonyl (C=O) groups excluding carboxylic acids is 1. The molecular formula is C27H30ClN3O6S. The molecule has 0 unspecified atom stereocenters. The SMILES string of the molecule is CCOc1cc(N2CCOCC2)c(OCC)cc1NC(=O)c1ccccc1NS(=O)(=O)c1ccc(Cl)cc1. The highest BCUT2D eigenvalue weighted by Gasteiger charge is 2.23. The highest BCUT2D eigenvalue weighted by atomic mass is 35.5. The summed E-state index contributed by atoms with van der Waals surface area (Å²) in [5.41, 5.74) is 1.54. The third-order valence-corrected chi connectivity index (χ3v) is 7.43. The van der Waals surface area contributed by atoms with Crippen LogP contribution in [0.25, 0.3) is 0 Å². The Kier molecular flexibility index (Phi) is 8.98. The average molecular weight is 560 g/mol. The van der Waals surface area contributed by atoms with Crippen LogP contribution in [0.15, 0.2) is 65.6 Å². The maximum atomic E-state index is 13.4. The van der Waals surface area contributed by atoms with Gasteiger partial charge < -0.3 is 24.4 Å². The average Bonchev–Trinajstić information content (AvgIpc) is 2.91. The van der Waals surface area contributed by atoms with Crippen molar-refractivity contribution in [3.8, 4) is 11.5 Å². The minimum absolute atomic E-state index is 0.0239. The molecule has 0 aliphatic carbocycles. The Morgan fingerprint density at radius 2 is 1.61 bits per heavy atom. The van der Waals surface area contributed by atoms with Crippen LogP contribution in [0.4, 0.5) is 17.1 Å². The minimum atomic E-state index is -3.96. The fourth-order valence-electron chi connectivity index (χ4n) is 4.02. The lowest BCUT2D eigenvalue weighted by atomic mass is 10.1. The van der Waals surface area contributed by atoms with Gasteiger partial charge in [0.15, 0.2) is 0 Å². The van der Waals surface area contributed by atoms with E-state index in [0.29, 0.717) is 61.7 Å². The first-order chi connectivity index (χ1) is 18.3. The van der Waals surface area contributed by atoms with Gasteiger partial charge in [0.1, 0.15) is 11.5 Å². The van der Waals surface area contributed by atoms with Gasteiger partial charge in [-0.15, -0.1) is 0 Å². The normalized spacial score (nSPS) is 13.6. The van der Waals surface area contributed by atoms with Crippen molar-refractivity contribution in [2.45, 2.75) is 18.7 Å². The quantitative estimate of drug-likeness (QED) is 0.359. The fraction of sp³-hybridized carbons (Fsp3) is 0.296. The summed E-state index contributed by atoms with van der Waals surface area (Å²) >= 11 is 5.89. The van der Waals surface area contributed by atoms with Gasteiger partial charge in [0.25, 0.3) is 15.9 Å². The summed E-state index contributed by atoms with van der Waals surface area (Å²) in [6, 6.07) is 15.7. The molecule has 0 spiro atoms. The van der Waals surface area contributed by atoms with Gasteiger partial charge in [-0.2, -0.15) is 0 Å². The van der Waals surface area contributed by atoms with E-state index in [0.717, 1.165) is 5.69 Å². The van der Waals surface area contributed by atoms with Crippen LogP contribution in [-0.4, -0.2) is 53.8 Å². The molecule has 1 heterocycles. The molecule has 11 heteroatoms. The summed E-state index contributed by atoms with van der Waals surface area (Å²) in [7, 11) is -3.96. The van der Waals surface area contributed by atoms with Crippen molar-refractivity contribution in [3.63, 3.8) is 0 Å². The van der Waals surface area contributed by atoms with E-state index in [-0.39, 0.29) is 16.1 Å². The first-order valence-corrected chi connectivity index (χ1v) is 14.1. The Labute approximate surface area is 227 Å². The molecule has 0 atom stereocenters. The monoisotopic (exact) mass is 559 g/mol. The first-order valence-electron chi connectivity index (χ1n) is 12.3. The minimum Gasteiger partial charge on any atom is -0.492 e. The lowest BCUT2D eigenvalue weighted by Crippen LogP contribution is -2.36. The molecule has 1 aliphatic heterocycles. The number of ether oxygens (including phenoxy) is 3. The number of anilines is 3. The number of para-hydroxylation sites is 1. The van der Waals surface area contributed by atoms with Crippen LogP contribution in [0, 0.1) is 0 Å². The van der Waals surface area contributed by atoms with Crippen molar-refractivity contribution in [3.05, 3.63) is 71.2 Å². The molecule has 38 heavy (non-hydrogen) atoms. The second-order valence-electron chi connectivity index (χ2n) is 8.34. The topological polar surface area (TPSA) is 106 Å². The summed E-state index contributed by atoms with van der Waals surface area (Å²) in [6.45, 7) is 7.20. The number of hydrogen-bond acceptors (Lipinski definition) is 7. The van der Waals surface area contributed by atoms with Gasteiger partial charge in [0, 0.05) is 30.2 Å². The standard InChI is InChI=1S/C27H30ClN3O6S/c1-3-36-25-18-24(31-13-15-35-16-14-31)26(37-4-2)17-23(25)29-27(32)21-7-5-6-8-22(21)30-38(33,34)20-11-9-19(28)10-12-20/h5-12,17-18,30H,3-4,13-16H2,1-2H3,(H,29,32). The molecule has 4 rings (SSSR count). The van der Waals surface area contributed by atoms with Crippen molar-refractivity contribution in [2.75, 3.05) is 54.5 Å². The molecular weight excluding hydrogens is 530 g/mol. The second kappa shape index (κ2) is 12.4. The van der Waals surface area contributed by atoms with Gasteiger partial charge in [0.05, 0.1) is 53.9 Å². The molecule has 9 nitrogen and oxygen atoms in total. The highest BCUT2D eigenvalue weighted by molar-refractivity contribution is 7.92. The third kappa shape index (κ3) is 6.50. The third-order valence-electron chi connectivity index (χ3n) is 5.80. The molecule has 0 saturated carbocycles. The van der Waals surface area contributed by atoms with Crippen LogP contribution in [0.3, 0.4) is 0 Å². The van der Waals surface area contributed by atoms with Crippen LogP contribution in [-0.2, 0) is 14.8 Å². The lowest BCUT2D eigenvalue weighted by molar-refractivity contribution is 0.102. The summed E-state index contributed by atoms with van der Waals surface area (Å²) in [5, 5.41) is 3.29. The number of hydrogen-bond donors (Lipinski definition) is 2. The Balaban J connectivity index is 1.64. The molecule has 0 aromatic heterocycles. The molecule has 1 fully saturated rings. The van der Waals surface area contributed by atoms with E-state index in [1.54, 1.807) is 24.3 Å². The second-order valence-corrected chi connectivity index (χ2v) is 10.5. The Hall–Kier alpha value is -3.47. The maximum Gasteiger partial charge on any atom is 0.261 e. The zero-order valence-corrected chi connectivity index (χ0v) is 22.8. The van der Waals surface area contributed by atoms with Crippen LogP contribution in [0.1, 0.15) is 24.2 Å². The first kappa shape index (κ1) is 27.6. The number of carbonyl (C=O) groups is 1. The van der Waals surface area contributed by atoms with Crippen LogP contribution < -0.4 is 24.4 Å². The van der Waals surface area contributed by atoms with Gasteiger partial charge in [-0.3, -0.25) is 9.52 Å². The van der Waals surface area contributed by atoms with Gasteiger partial charge in [-0.05, 0) is 50.2 Å². The van der Waals surface area contributed by atoms with E-state index < -0.39 is 15.9 Å². The van der Waals surface area contributed by atoms with Crippen LogP contribution in [0.2, 0.25) is 5.02 Å². The number of benzene rings is 3. The lowest BCUT2D eigenvalue weighted by Gasteiger charge is -2.31. The number of amides is 1. The number of morpholine rings is 1. The van der Waals surface area contributed by atoms with E-state index in [1.165, 1.54) is 30.3 Å². The summed E-state index contributed by atoms with van der Waals surface area (Å²) in [6.07, 6.45) is 0. The molecule has 0 bridgehead atoms. The molecule has 1 aliphatic rings. The van der Waals surface area contributed by atoms with Crippen molar-refractivity contribution in [2.24, 2.45) is 0 Å². The van der Waals surface area contributed by atoms with E-state index >= 15 is 0 Å². The number of nitrogens with zero attached hydrogens (tertiary/aromatic N) is 1.